The first-order chi connectivity index (χ1) is 13.9. The summed E-state index contributed by atoms with van der Waals surface area (Å²) in [5.74, 6) is 0. The first-order valence-corrected chi connectivity index (χ1v) is 14.7. The van der Waals surface area contributed by atoms with Crippen molar-refractivity contribution in [3.8, 4) is 0 Å². The van der Waals surface area contributed by atoms with E-state index in [2.05, 4.69) is 39.5 Å². The number of allylic oxidation sites excluding steroid dienone is 6. The third-order valence-electron chi connectivity index (χ3n) is 6.12. The first kappa shape index (κ1) is 26.3. The summed E-state index contributed by atoms with van der Waals surface area (Å²) >= 11 is 0. The predicted octanol–water partition coefficient (Wildman–Crippen LogP) is 4.00. The Morgan fingerprint density at radius 2 is 0.700 bits per heavy atom. The summed E-state index contributed by atoms with van der Waals surface area (Å²) in [6.45, 7) is 21.9. The third-order valence-corrected chi connectivity index (χ3v) is 18.9. The van der Waals surface area contributed by atoms with Crippen molar-refractivity contribution in [2.45, 2.75) is 48.0 Å². The fourth-order valence-corrected chi connectivity index (χ4v) is 18.4. The van der Waals surface area contributed by atoms with Gasteiger partial charge in [-0.25, -0.2) is 16.8 Å². The molecule has 0 amide bonds. The van der Waals surface area contributed by atoms with Gasteiger partial charge in [0.2, 0.25) is 0 Å². The molecule has 0 aromatic heterocycles. The van der Waals surface area contributed by atoms with Crippen LogP contribution in [0.3, 0.4) is 0 Å². The van der Waals surface area contributed by atoms with Crippen molar-refractivity contribution in [3.63, 3.8) is 0 Å². The van der Waals surface area contributed by atoms with Gasteiger partial charge in [-0.2, -0.15) is 8.42 Å². The first-order valence-electron chi connectivity index (χ1n) is 9.26. The highest BCUT2D eigenvalue weighted by Gasteiger charge is 2.79. The Labute approximate surface area is 180 Å². The van der Waals surface area contributed by atoms with Crippen LogP contribution in [0.2, 0.25) is 0 Å². The Balaban J connectivity index is 4.64. The Kier molecular flexibility index (Phi) is 7.72. The summed E-state index contributed by atoms with van der Waals surface area (Å²) in [6, 6.07) is 0. The van der Waals surface area contributed by atoms with Crippen LogP contribution in [0.15, 0.2) is 75.9 Å². The molecular weight excluding hydrogens is 444 g/mol. The molecule has 6 nitrogen and oxygen atoms in total. The van der Waals surface area contributed by atoms with E-state index in [1.165, 1.54) is 36.5 Å². The van der Waals surface area contributed by atoms with Gasteiger partial charge in [0.05, 0.1) is 0 Å². The Hall–Kier alpha value is -1.71. The third kappa shape index (κ3) is 2.89. The van der Waals surface area contributed by atoms with Crippen molar-refractivity contribution < 1.29 is 25.3 Å². The summed E-state index contributed by atoms with van der Waals surface area (Å²) < 4.78 is 76.9. The molecule has 1 rings (SSSR count). The van der Waals surface area contributed by atoms with E-state index in [-0.39, 0.29) is 38.5 Å². The minimum atomic E-state index is -5.67. The number of hydrogen-bond acceptors (Lipinski definition) is 6. The molecule has 0 saturated carbocycles. The molecule has 1 aliphatic heterocycles. The van der Waals surface area contributed by atoms with E-state index in [1.54, 1.807) is 0 Å². The molecule has 0 radical (unpaired) electrons. The normalized spacial score (nSPS) is 24.0. The van der Waals surface area contributed by atoms with Crippen molar-refractivity contribution in [1.29, 1.82) is 0 Å². The van der Waals surface area contributed by atoms with Gasteiger partial charge in [0, 0.05) is 5.41 Å². The maximum atomic E-state index is 13.6. The molecule has 1 heterocycles. The molecule has 0 atom stereocenters. The smallest absolute Gasteiger partial charge is 0.211 e. The van der Waals surface area contributed by atoms with Crippen molar-refractivity contribution >= 4 is 25.6 Å². The lowest BCUT2D eigenvalue weighted by atomic mass is 9.57. The lowest BCUT2D eigenvalue weighted by Crippen LogP contribution is -2.73. The van der Waals surface area contributed by atoms with Gasteiger partial charge in [-0.3, -0.25) is 0 Å². The highest BCUT2D eigenvalue weighted by Crippen LogP contribution is 2.66. The zero-order chi connectivity index (χ0) is 23.5. The molecule has 1 aliphatic rings. The summed E-state index contributed by atoms with van der Waals surface area (Å²) in [5, 5.41) is 0. The summed E-state index contributed by atoms with van der Waals surface area (Å²) in [6.07, 6.45) is 6.60. The van der Waals surface area contributed by atoms with E-state index >= 15 is 0 Å². The molecule has 0 aliphatic carbocycles. The van der Waals surface area contributed by atoms with E-state index in [1.807, 2.05) is 0 Å². The minimum Gasteiger partial charge on any atom is -0.211 e. The average molecular weight is 475 g/mol. The molecule has 0 bridgehead atoms. The maximum absolute atomic E-state index is 13.6. The van der Waals surface area contributed by atoms with Crippen molar-refractivity contribution in [3.05, 3.63) is 75.9 Å². The molecule has 1 saturated heterocycles. The van der Waals surface area contributed by atoms with E-state index in [9.17, 15) is 25.3 Å². The van der Waals surface area contributed by atoms with Gasteiger partial charge < -0.3 is 0 Å². The topological polar surface area (TPSA) is 102 Å². The molecule has 0 aromatic carbocycles. The van der Waals surface area contributed by atoms with Crippen LogP contribution < -0.4 is 0 Å². The summed E-state index contributed by atoms with van der Waals surface area (Å²) in [5.41, 5.74) is -1.64. The minimum absolute atomic E-state index is 0.101. The Bertz CT molecular complexity index is 960. The standard InChI is InChI=1S/C21H30O6S3/c1-7-13-19(14-8-2)20(15-9-3,16-10-4)28(22,23)30(26,27)29(24,25)21(19,17-11-5)18-12-6/h7-12H,1-6,13-18H2. The molecule has 0 N–H and O–H groups in total. The van der Waals surface area contributed by atoms with Gasteiger partial charge in [-0.05, 0) is 38.5 Å². The Morgan fingerprint density at radius 3 is 0.900 bits per heavy atom. The molecule has 0 unspecified atom stereocenters. The van der Waals surface area contributed by atoms with Gasteiger partial charge in [0.1, 0.15) is 9.49 Å². The van der Waals surface area contributed by atoms with Gasteiger partial charge in [-0.15, -0.1) is 39.5 Å². The molecule has 0 spiro atoms. The second-order valence-corrected chi connectivity index (χ2v) is 17.4. The van der Waals surface area contributed by atoms with Crippen LogP contribution in [0, 0.1) is 5.41 Å². The van der Waals surface area contributed by atoms with Crippen LogP contribution >= 0.6 is 0 Å². The highest BCUT2D eigenvalue weighted by molar-refractivity contribution is 8.99. The fourth-order valence-electron chi connectivity index (χ4n) is 5.01. The van der Waals surface area contributed by atoms with Crippen LogP contribution in [0.4, 0.5) is 0 Å². The monoisotopic (exact) mass is 474 g/mol. The lowest BCUT2D eigenvalue weighted by Gasteiger charge is -2.60. The largest absolute Gasteiger partial charge is 0.358 e. The maximum Gasteiger partial charge on any atom is 0.358 e. The van der Waals surface area contributed by atoms with E-state index in [0.29, 0.717) is 0 Å². The summed E-state index contributed by atoms with van der Waals surface area (Å²) in [7, 11) is -16.2. The van der Waals surface area contributed by atoms with Crippen LogP contribution in [-0.4, -0.2) is 34.7 Å². The van der Waals surface area contributed by atoms with Crippen LogP contribution in [0.5, 0.6) is 0 Å². The van der Waals surface area contributed by atoms with Crippen LogP contribution in [0.25, 0.3) is 0 Å². The second kappa shape index (κ2) is 8.80. The quantitative estimate of drug-likeness (QED) is 0.313. The Morgan fingerprint density at radius 1 is 0.467 bits per heavy atom. The van der Waals surface area contributed by atoms with Crippen molar-refractivity contribution in [2.24, 2.45) is 5.41 Å². The molecular formula is C21H30O6S3. The lowest BCUT2D eigenvalue weighted by molar-refractivity contribution is 0.115. The second-order valence-electron chi connectivity index (χ2n) is 7.34. The van der Waals surface area contributed by atoms with E-state index in [4.69, 9.17) is 0 Å². The number of hydrogen-bond donors (Lipinski definition) is 0. The van der Waals surface area contributed by atoms with Gasteiger partial charge in [0.25, 0.3) is 17.7 Å². The van der Waals surface area contributed by atoms with E-state index < -0.39 is 40.5 Å². The van der Waals surface area contributed by atoms with E-state index in [0.717, 1.165) is 0 Å². The highest BCUT2D eigenvalue weighted by atomic mass is 33.6. The molecule has 0 aromatic rings. The SMILES string of the molecule is C=CCC1(CC=C)C(CC=C)(CC=C)S(=O)(=O)S(=O)(=O)S(=O)(=O)C1(CC=C)CC=C. The zero-order valence-electron chi connectivity index (χ0n) is 17.1. The molecule has 168 valence electrons. The zero-order valence-corrected chi connectivity index (χ0v) is 19.6. The van der Waals surface area contributed by atoms with Gasteiger partial charge in [0.15, 0.2) is 0 Å². The van der Waals surface area contributed by atoms with Crippen LogP contribution in [-0.2, 0) is 25.6 Å². The number of rotatable bonds is 12. The molecule has 1 fully saturated rings. The van der Waals surface area contributed by atoms with Crippen molar-refractivity contribution in [1.82, 2.24) is 0 Å². The molecule has 9 heteroatoms. The summed E-state index contributed by atoms with van der Waals surface area (Å²) in [4.78, 5) is 0. The van der Waals surface area contributed by atoms with Gasteiger partial charge in [-0.1, -0.05) is 36.5 Å². The van der Waals surface area contributed by atoms with Crippen molar-refractivity contribution in [2.75, 3.05) is 0 Å². The average Bonchev–Trinajstić information content (AvgIpc) is 2.65. The molecule has 30 heavy (non-hydrogen) atoms. The fraction of sp³-hybridized carbons (Fsp3) is 0.429. The van der Waals surface area contributed by atoms with Crippen LogP contribution in [0.1, 0.15) is 38.5 Å². The van der Waals surface area contributed by atoms with Gasteiger partial charge >= 0.3 is 7.90 Å². The predicted molar refractivity (Wildman–Crippen MR) is 124 cm³/mol.